The van der Waals surface area contributed by atoms with Crippen molar-refractivity contribution in [1.29, 1.82) is 0 Å². The van der Waals surface area contributed by atoms with Crippen LogP contribution < -0.4 is 10.4 Å². The van der Waals surface area contributed by atoms with E-state index in [1.165, 1.54) is 16.0 Å². The molecule has 0 aliphatic heterocycles. The van der Waals surface area contributed by atoms with Crippen LogP contribution in [0.2, 0.25) is 0 Å². The van der Waals surface area contributed by atoms with Crippen molar-refractivity contribution in [2.75, 3.05) is 0 Å². The molecule has 0 nitrogen and oxygen atoms in total. The van der Waals surface area contributed by atoms with Crippen LogP contribution in [0.5, 0.6) is 0 Å². The predicted molar refractivity (Wildman–Crippen MR) is 69.3 cm³/mol. The fraction of sp³-hybridized carbons (Fsp3) is 0.0667. The molecule has 0 fully saturated rings. The Morgan fingerprint density at radius 2 is 1.88 bits per heavy atom. The molecule has 2 aliphatic rings. The van der Waals surface area contributed by atoms with Gasteiger partial charge in [0.1, 0.15) is 0 Å². The average molecular weight is 227 g/mol. The van der Waals surface area contributed by atoms with E-state index < -0.39 is 0 Å². The lowest BCUT2D eigenvalue weighted by Crippen LogP contribution is -2.26. The van der Waals surface area contributed by atoms with Gasteiger partial charge in [0.2, 0.25) is 0 Å². The fourth-order valence-electron chi connectivity index (χ4n) is 2.21. The highest BCUT2D eigenvalue weighted by molar-refractivity contribution is 6.33. The number of halogens is 1. The summed E-state index contributed by atoms with van der Waals surface area (Å²) < 4.78 is 0. The first-order chi connectivity index (χ1) is 7.86. The topological polar surface area (TPSA) is 0 Å². The molecule has 0 N–H and O–H groups in total. The largest absolute Gasteiger partial charge is 0.0837 e. The van der Waals surface area contributed by atoms with E-state index in [4.69, 9.17) is 11.6 Å². The summed E-state index contributed by atoms with van der Waals surface area (Å²) in [5, 5.41) is 3.37. The van der Waals surface area contributed by atoms with E-state index in [0.29, 0.717) is 0 Å². The second kappa shape index (κ2) is 3.80. The molecule has 0 unspecified atom stereocenters. The zero-order valence-corrected chi connectivity index (χ0v) is 9.54. The van der Waals surface area contributed by atoms with Crippen molar-refractivity contribution in [3.63, 3.8) is 0 Å². The molecule has 0 bridgehead atoms. The molecule has 0 aromatic heterocycles. The Morgan fingerprint density at radius 1 is 1.00 bits per heavy atom. The molecule has 0 atom stereocenters. The van der Waals surface area contributed by atoms with E-state index >= 15 is 0 Å². The minimum absolute atomic E-state index is 0.829. The molecule has 0 saturated heterocycles. The van der Waals surface area contributed by atoms with Gasteiger partial charge in [-0.1, -0.05) is 60.2 Å². The van der Waals surface area contributed by atoms with E-state index in [1.54, 1.807) is 0 Å². The summed E-state index contributed by atoms with van der Waals surface area (Å²) in [7, 11) is 0. The summed E-state index contributed by atoms with van der Waals surface area (Å²) in [6.07, 6.45) is 11.4. The van der Waals surface area contributed by atoms with Crippen LogP contribution in [0, 0.1) is 0 Å². The first kappa shape index (κ1) is 9.68. The normalized spacial score (nSPS) is 17.7. The van der Waals surface area contributed by atoms with Gasteiger partial charge in [0.25, 0.3) is 0 Å². The molecule has 16 heavy (non-hydrogen) atoms. The minimum Gasteiger partial charge on any atom is -0.0837 e. The van der Waals surface area contributed by atoms with Gasteiger partial charge in [-0.05, 0) is 34.1 Å². The summed E-state index contributed by atoms with van der Waals surface area (Å²) >= 11 is 6.29. The number of rotatable bonds is 0. The molecule has 3 rings (SSSR count). The van der Waals surface area contributed by atoms with Crippen molar-refractivity contribution in [3.05, 3.63) is 69.6 Å². The van der Waals surface area contributed by atoms with Gasteiger partial charge in [-0.15, -0.1) is 0 Å². The molecule has 1 aromatic rings. The first-order valence-electron chi connectivity index (χ1n) is 5.39. The summed E-state index contributed by atoms with van der Waals surface area (Å²) in [6.45, 7) is 0. The second-order valence-electron chi connectivity index (χ2n) is 3.96. The van der Waals surface area contributed by atoms with Crippen LogP contribution in [0.4, 0.5) is 0 Å². The van der Waals surface area contributed by atoms with Gasteiger partial charge in [0.15, 0.2) is 0 Å². The Balaban J connectivity index is 2.46. The summed E-state index contributed by atoms with van der Waals surface area (Å²) in [5.74, 6) is 0. The van der Waals surface area contributed by atoms with Crippen LogP contribution >= 0.6 is 11.6 Å². The van der Waals surface area contributed by atoms with Gasteiger partial charge in [0, 0.05) is 5.03 Å². The van der Waals surface area contributed by atoms with Crippen molar-refractivity contribution in [2.24, 2.45) is 0 Å². The summed E-state index contributed by atoms with van der Waals surface area (Å²) in [5.41, 5.74) is 2.48. The van der Waals surface area contributed by atoms with Crippen LogP contribution in [-0.2, 0) is 0 Å². The highest BCUT2D eigenvalue weighted by Crippen LogP contribution is 2.29. The molecule has 0 radical (unpaired) electrons. The zero-order chi connectivity index (χ0) is 11.0. The molecule has 0 heterocycles. The second-order valence-corrected chi connectivity index (χ2v) is 4.37. The number of allylic oxidation sites excluding steroid dienone is 6. The molecule has 2 aliphatic carbocycles. The lowest BCUT2D eigenvalue weighted by Gasteiger charge is -2.12. The van der Waals surface area contributed by atoms with Crippen molar-refractivity contribution in [2.45, 2.75) is 6.42 Å². The number of benzene rings is 1. The van der Waals surface area contributed by atoms with Crippen LogP contribution in [0.25, 0.3) is 11.6 Å². The number of fused-ring (bicyclic) bond motifs is 2. The van der Waals surface area contributed by atoms with Crippen molar-refractivity contribution in [3.8, 4) is 0 Å². The molecule has 1 aromatic carbocycles. The van der Waals surface area contributed by atoms with Crippen molar-refractivity contribution >= 4 is 23.3 Å². The minimum atomic E-state index is 0.829. The smallest absolute Gasteiger partial charge is 0.0481 e. The Kier molecular flexibility index (Phi) is 2.30. The molecule has 0 spiro atoms. The van der Waals surface area contributed by atoms with Gasteiger partial charge in [-0.25, -0.2) is 0 Å². The maximum Gasteiger partial charge on any atom is 0.0481 e. The third-order valence-electron chi connectivity index (χ3n) is 3.00. The molecule has 0 amide bonds. The van der Waals surface area contributed by atoms with Crippen LogP contribution in [0.3, 0.4) is 0 Å². The average Bonchev–Trinajstić information content (AvgIpc) is 2.49. The Bertz CT molecular complexity index is 642. The van der Waals surface area contributed by atoms with Crippen molar-refractivity contribution in [1.82, 2.24) is 0 Å². The van der Waals surface area contributed by atoms with E-state index in [1.807, 2.05) is 6.08 Å². The standard InChI is InChI=1S/C15H11Cl/c16-15-10-9-11-5-1-2-6-12(11)13-7-3-4-8-14(13)15/h1-6,8-10H,7H2. The van der Waals surface area contributed by atoms with Gasteiger partial charge >= 0.3 is 0 Å². The highest BCUT2D eigenvalue weighted by atomic mass is 35.5. The fourth-order valence-corrected chi connectivity index (χ4v) is 2.45. The quantitative estimate of drug-likeness (QED) is 0.638. The molecule has 0 saturated carbocycles. The Morgan fingerprint density at radius 3 is 2.81 bits per heavy atom. The van der Waals surface area contributed by atoms with E-state index in [2.05, 4.69) is 48.6 Å². The van der Waals surface area contributed by atoms with Gasteiger partial charge < -0.3 is 0 Å². The summed E-state index contributed by atoms with van der Waals surface area (Å²) in [6, 6.07) is 8.43. The van der Waals surface area contributed by atoms with Gasteiger partial charge in [-0.2, -0.15) is 0 Å². The van der Waals surface area contributed by atoms with Crippen molar-refractivity contribution < 1.29 is 0 Å². The molecular formula is C15H11Cl. The van der Waals surface area contributed by atoms with E-state index in [-0.39, 0.29) is 0 Å². The third-order valence-corrected chi connectivity index (χ3v) is 3.33. The van der Waals surface area contributed by atoms with E-state index in [9.17, 15) is 0 Å². The summed E-state index contributed by atoms with van der Waals surface area (Å²) in [4.78, 5) is 0. The van der Waals surface area contributed by atoms with E-state index in [0.717, 1.165) is 17.0 Å². The number of hydrogen-bond donors (Lipinski definition) is 0. The van der Waals surface area contributed by atoms with Crippen LogP contribution in [0.1, 0.15) is 6.42 Å². The SMILES string of the molecule is ClC1=CC=c2ccccc2=C2CC=CC=C12. The highest BCUT2D eigenvalue weighted by Gasteiger charge is 2.12. The van der Waals surface area contributed by atoms with Crippen LogP contribution in [-0.4, -0.2) is 0 Å². The molecule has 78 valence electrons. The van der Waals surface area contributed by atoms with Gasteiger partial charge in [-0.3, -0.25) is 0 Å². The molecular weight excluding hydrogens is 216 g/mol. The number of hydrogen-bond acceptors (Lipinski definition) is 0. The first-order valence-corrected chi connectivity index (χ1v) is 5.77. The zero-order valence-electron chi connectivity index (χ0n) is 8.78. The predicted octanol–water partition coefficient (Wildman–Crippen LogP) is 2.64. The van der Waals surface area contributed by atoms with Gasteiger partial charge in [0.05, 0.1) is 0 Å². The maximum absolute atomic E-state index is 6.29. The maximum atomic E-state index is 6.29. The lowest BCUT2D eigenvalue weighted by molar-refractivity contribution is 1.31. The van der Waals surface area contributed by atoms with Crippen LogP contribution in [0.15, 0.2) is 59.2 Å². The monoisotopic (exact) mass is 226 g/mol. The lowest BCUT2D eigenvalue weighted by atomic mass is 9.95. The Labute approximate surface area is 99.6 Å². The third kappa shape index (κ3) is 1.46. The molecule has 1 heteroatoms. The Hall–Kier alpha value is -1.53.